The Morgan fingerprint density at radius 2 is 2.29 bits per heavy atom. The zero-order valence-electron chi connectivity index (χ0n) is 10.1. The van der Waals surface area contributed by atoms with E-state index >= 15 is 0 Å². The van der Waals surface area contributed by atoms with Gasteiger partial charge in [-0.1, -0.05) is 0 Å². The fourth-order valence-corrected chi connectivity index (χ4v) is 1.88. The topological polar surface area (TPSA) is 57.3 Å². The third-order valence-electron chi connectivity index (χ3n) is 2.86. The molecule has 1 aliphatic rings. The Bertz CT molecular complexity index is 388. The molecule has 2 heterocycles. The van der Waals surface area contributed by atoms with Gasteiger partial charge in [-0.3, -0.25) is 14.7 Å². The molecule has 92 valence electrons. The Kier molecular flexibility index (Phi) is 4.06. The van der Waals surface area contributed by atoms with Crippen LogP contribution in [0.3, 0.4) is 0 Å². The van der Waals surface area contributed by atoms with E-state index in [4.69, 9.17) is 0 Å². The van der Waals surface area contributed by atoms with E-state index in [2.05, 4.69) is 20.5 Å². The van der Waals surface area contributed by atoms with Gasteiger partial charge in [0.25, 0.3) is 0 Å². The Labute approximate surface area is 101 Å². The van der Waals surface area contributed by atoms with E-state index in [0.717, 1.165) is 37.6 Å². The van der Waals surface area contributed by atoms with Gasteiger partial charge in [-0.2, -0.15) is 0 Å². The van der Waals surface area contributed by atoms with E-state index in [-0.39, 0.29) is 5.91 Å². The van der Waals surface area contributed by atoms with Gasteiger partial charge in [-0.05, 0) is 19.1 Å². The summed E-state index contributed by atoms with van der Waals surface area (Å²) in [5.41, 5.74) is 1.65. The van der Waals surface area contributed by atoms with Crippen molar-refractivity contribution in [2.24, 2.45) is 0 Å². The van der Waals surface area contributed by atoms with Crippen LogP contribution in [0.2, 0.25) is 0 Å². The SMILES string of the molecule is Cc1ncccc1NC(=O)CN1CCNCC1. The highest BCUT2D eigenvalue weighted by molar-refractivity contribution is 5.92. The molecule has 0 radical (unpaired) electrons. The van der Waals surface area contributed by atoms with Gasteiger partial charge >= 0.3 is 0 Å². The molecule has 1 aromatic heterocycles. The molecule has 0 bridgehead atoms. The van der Waals surface area contributed by atoms with Gasteiger partial charge in [0.2, 0.25) is 5.91 Å². The first-order valence-corrected chi connectivity index (χ1v) is 5.90. The number of anilines is 1. The quantitative estimate of drug-likeness (QED) is 0.786. The van der Waals surface area contributed by atoms with Crippen LogP contribution >= 0.6 is 0 Å². The van der Waals surface area contributed by atoms with Crippen LogP contribution in [0.4, 0.5) is 5.69 Å². The van der Waals surface area contributed by atoms with Gasteiger partial charge < -0.3 is 10.6 Å². The minimum Gasteiger partial charge on any atom is -0.323 e. The number of hydrogen-bond donors (Lipinski definition) is 2. The molecule has 0 saturated carbocycles. The second kappa shape index (κ2) is 5.75. The number of pyridine rings is 1. The number of carbonyl (C=O) groups is 1. The highest BCUT2D eigenvalue weighted by Crippen LogP contribution is 2.10. The van der Waals surface area contributed by atoms with Crippen LogP contribution in [0.5, 0.6) is 0 Å². The normalized spacial score (nSPS) is 16.8. The summed E-state index contributed by atoms with van der Waals surface area (Å²) in [6.07, 6.45) is 1.72. The highest BCUT2D eigenvalue weighted by Gasteiger charge is 2.13. The molecule has 1 aliphatic heterocycles. The molecule has 2 N–H and O–H groups in total. The number of rotatable bonds is 3. The minimum atomic E-state index is 0.0306. The average molecular weight is 234 g/mol. The van der Waals surface area contributed by atoms with Crippen LogP contribution in [-0.4, -0.2) is 48.5 Å². The summed E-state index contributed by atoms with van der Waals surface area (Å²) in [5.74, 6) is 0.0306. The molecule has 1 amide bonds. The third kappa shape index (κ3) is 3.51. The van der Waals surface area contributed by atoms with E-state index in [1.54, 1.807) is 6.20 Å². The van der Waals surface area contributed by atoms with E-state index in [1.807, 2.05) is 19.1 Å². The van der Waals surface area contributed by atoms with Crippen molar-refractivity contribution in [3.05, 3.63) is 24.0 Å². The molecule has 0 aliphatic carbocycles. The van der Waals surface area contributed by atoms with Gasteiger partial charge in [-0.15, -0.1) is 0 Å². The monoisotopic (exact) mass is 234 g/mol. The summed E-state index contributed by atoms with van der Waals surface area (Å²) >= 11 is 0. The average Bonchev–Trinajstić information content (AvgIpc) is 2.33. The lowest BCUT2D eigenvalue weighted by Gasteiger charge is -2.26. The fraction of sp³-hybridized carbons (Fsp3) is 0.500. The summed E-state index contributed by atoms with van der Waals surface area (Å²) in [6.45, 7) is 6.12. The standard InChI is InChI=1S/C12H18N4O/c1-10-11(3-2-4-14-10)15-12(17)9-16-7-5-13-6-8-16/h2-4,13H,5-9H2,1H3,(H,15,17). The van der Waals surface area contributed by atoms with Gasteiger partial charge in [0, 0.05) is 32.4 Å². The molecule has 0 unspecified atom stereocenters. The first-order valence-electron chi connectivity index (χ1n) is 5.90. The molecule has 2 rings (SSSR count). The van der Waals surface area contributed by atoms with Crippen LogP contribution in [0.15, 0.2) is 18.3 Å². The number of hydrogen-bond acceptors (Lipinski definition) is 4. The summed E-state index contributed by atoms with van der Waals surface area (Å²) in [6, 6.07) is 3.70. The minimum absolute atomic E-state index is 0.0306. The van der Waals surface area contributed by atoms with E-state index in [9.17, 15) is 4.79 Å². The van der Waals surface area contributed by atoms with Crippen molar-refractivity contribution in [2.75, 3.05) is 38.0 Å². The van der Waals surface area contributed by atoms with E-state index in [0.29, 0.717) is 6.54 Å². The number of carbonyl (C=O) groups excluding carboxylic acids is 1. The van der Waals surface area contributed by atoms with Gasteiger partial charge in [-0.25, -0.2) is 0 Å². The van der Waals surface area contributed by atoms with Crippen LogP contribution < -0.4 is 10.6 Å². The fourth-order valence-electron chi connectivity index (χ4n) is 1.88. The van der Waals surface area contributed by atoms with Crippen molar-refractivity contribution in [1.29, 1.82) is 0 Å². The molecule has 1 fully saturated rings. The second-order valence-corrected chi connectivity index (χ2v) is 4.21. The van der Waals surface area contributed by atoms with Crippen molar-refractivity contribution in [1.82, 2.24) is 15.2 Å². The van der Waals surface area contributed by atoms with Crippen molar-refractivity contribution in [2.45, 2.75) is 6.92 Å². The molecule has 5 heteroatoms. The molecule has 17 heavy (non-hydrogen) atoms. The van der Waals surface area contributed by atoms with Crippen molar-refractivity contribution >= 4 is 11.6 Å². The maximum Gasteiger partial charge on any atom is 0.238 e. The Morgan fingerprint density at radius 3 is 3.00 bits per heavy atom. The van der Waals surface area contributed by atoms with Crippen LogP contribution in [0.1, 0.15) is 5.69 Å². The second-order valence-electron chi connectivity index (χ2n) is 4.21. The predicted octanol–water partition coefficient (Wildman–Crippen LogP) is 0.234. The van der Waals surface area contributed by atoms with Crippen molar-refractivity contribution in [3.63, 3.8) is 0 Å². The Balaban J connectivity index is 1.86. The summed E-state index contributed by atoms with van der Waals surface area (Å²) < 4.78 is 0. The zero-order valence-corrected chi connectivity index (χ0v) is 10.1. The summed E-state index contributed by atoms with van der Waals surface area (Å²) in [7, 11) is 0. The molecular weight excluding hydrogens is 216 g/mol. The maximum atomic E-state index is 11.8. The number of nitrogens with zero attached hydrogens (tertiary/aromatic N) is 2. The predicted molar refractivity (Wildman–Crippen MR) is 66.9 cm³/mol. The number of aryl methyl sites for hydroxylation is 1. The van der Waals surface area contributed by atoms with Gasteiger partial charge in [0.1, 0.15) is 0 Å². The molecular formula is C12H18N4O. The molecule has 1 aromatic rings. The molecule has 0 aromatic carbocycles. The number of aromatic nitrogens is 1. The number of amides is 1. The zero-order chi connectivity index (χ0) is 12.1. The molecule has 0 atom stereocenters. The van der Waals surface area contributed by atoms with E-state index < -0.39 is 0 Å². The first-order chi connectivity index (χ1) is 8.25. The van der Waals surface area contributed by atoms with Crippen LogP contribution in [0.25, 0.3) is 0 Å². The summed E-state index contributed by atoms with van der Waals surface area (Å²) in [5, 5.41) is 6.16. The molecule has 0 spiro atoms. The van der Waals surface area contributed by atoms with Gasteiger partial charge in [0.05, 0.1) is 17.9 Å². The lowest BCUT2D eigenvalue weighted by atomic mass is 10.3. The third-order valence-corrected chi connectivity index (χ3v) is 2.86. The number of piperazine rings is 1. The summed E-state index contributed by atoms with van der Waals surface area (Å²) in [4.78, 5) is 18.1. The highest BCUT2D eigenvalue weighted by atomic mass is 16.2. The number of nitrogens with one attached hydrogen (secondary N) is 2. The van der Waals surface area contributed by atoms with Crippen LogP contribution in [-0.2, 0) is 4.79 Å². The molecule has 1 saturated heterocycles. The Morgan fingerprint density at radius 1 is 1.53 bits per heavy atom. The molecule has 5 nitrogen and oxygen atoms in total. The lowest BCUT2D eigenvalue weighted by molar-refractivity contribution is -0.117. The van der Waals surface area contributed by atoms with Crippen molar-refractivity contribution < 1.29 is 4.79 Å². The Hall–Kier alpha value is -1.46. The maximum absolute atomic E-state index is 11.8. The van der Waals surface area contributed by atoms with Crippen molar-refractivity contribution in [3.8, 4) is 0 Å². The van der Waals surface area contributed by atoms with Crippen LogP contribution in [0, 0.1) is 6.92 Å². The largest absolute Gasteiger partial charge is 0.323 e. The smallest absolute Gasteiger partial charge is 0.238 e. The first kappa shape index (κ1) is 12.0. The van der Waals surface area contributed by atoms with E-state index in [1.165, 1.54) is 0 Å². The lowest BCUT2D eigenvalue weighted by Crippen LogP contribution is -2.46. The van der Waals surface area contributed by atoms with Gasteiger partial charge in [0.15, 0.2) is 0 Å².